The zero-order chi connectivity index (χ0) is 25.7. The maximum Gasteiger partial charge on any atom is 0.147 e. The van der Waals surface area contributed by atoms with Crippen LogP contribution in [0.3, 0.4) is 0 Å². The van der Waals surface area contributed by atoms with Crippen molar-refractivity contribution in [3.8, 4) is 11.8 Å². The summed E-state index contributed by atoms with van der Waals surface area (Å²) in [5, 5.41) is 11.3. The molecule has 194 valence electrons. The van der Waals surface area contributed by atoms with Gasteiger partial charge in [-0.3, -0.25) is 0 Å². The molecule has 1 aliphatic rings. The minimum atomic E-state index is -0.959. The summed E-state index contributed by atoms with van der Waals surface area (Å²) in [4.78, 5) is 0. The third-order valence-electron chi connectivity index (χ3n) is 6.24. The average molecular weight is 501 g/mol. The predicted molar refractivity (Wildman–Crippen MR) is 143 cm³/mol. The van der Waals surface area contributed by atoms with Crippen molar-refractivity contribution in [3.63, 3.8) is 0 Å². The summed E-state index contributed by atoms with van der Waals surface area (Å²) in [6.45, 7) is 3.54. The molecule has 5 heteroatoms. The molecule has 0 aromatic heterocycles. The van der Waals surface area contributed by atoms with E-state index >= 15 is 0 Å². The molecule has 0 amide bonds. The average Bonchev–Trinajstić information content (AvgIpc) is 2.94. The molecular formula is C32H36O5. The molecule has 0 spiro atoms. The van der Waals surface area contributed by atoms with Gasteiger partial charge in [-0.05, 0) is 23.1 Å². The third kappa shape index (κ3) is 8.26. The summed E-state index contributed by atoms with van der Waals surface area (Å²) in [5.74, 6) is 6.25. The minimum Gasteiger partial charge on any atom is -0.387 e. The lowest BCUT2D eigenvalue weighted by molar-refractivity contribution is -0.249. The molecule has 1 heterocycles. The quantitative estimate of drug-likeness (QED) is 0.362. The van der Waals surface area contributed by atoms with Gasteiger partial charge >= 0.3 is 0 Å². The molecule has 0 unspecified atom stereocenters. The van der Waals surface area contributed by atoms with Gasteiger partial charge < -0.3 is 24.1 Å². The standard InChI is InChI=1S/C32H36O5/c1-2-3-7-20-28-30(33)32(36-23-27-18-12-6-13-19-27)31(35-22-26-16-10-5-11-17-26)29(37-28)24-34-21-25-14-8-4-9-15-25/h4-6,8-19,28-33H,2-3,21-24H2,1H3/t28-,29+,30-,31+,32+/m0/s1. The fourth-order valence-electron chi connectivity index (χ4n) is 4.27. The normalized spacial score (nSPS) is 23.2. The van der Waals surface area contributed by atoms with E-state index in [2.05, 4.69) is 18.8 Å². The van der Waals surface area contributed by atoms with Crippen molar-refractivity contribution in [1.82, 2.24) is 0 Å². The molecule has 3 aromatic rings. The lowest BCUT2D eigenvalue weighted by Gasteiger charge is -2.43. The van der Waals surface area contributed by atoms with Gasteiger partial charge in [0, 0.05) is 6.42 Å². The van der Waals surface area contributed by atoms with E-state index in [1.165, 1.54) is 0 Å². The molecular weight excluding hydrogens is 464 g/mol. The molecule has 1 fully saturated rings. The van der Waals surface area contributed by atoms with E-state index in [-0.39, 0.29) is 6.61 Å². The number of unbranched alkanes of at least 4 members (excludes halogenated alkanes) is 1. The fourth-order valence-corrected chi connectivity index (χ4v) is 4.27. The lowest BCUT2D eigenvalue weighted by Crippen LogP contribution is -2.60. The van der Waals surface area contributed by atoms with Crippen LogP contribution < -0.4 is 0 Å². The Morgan fingerprint density at radius 1 is 0.730 bits per heavy atom. The van der Waals surface area contributed by atoms with Crippen LogP contribution in [0.15, 0.2) is 91.0 Å². The molecule has 1 aliphatic heterocycles. The summed E-state index contributed by atoms with van der Waals surface area (Å²) in [7, 11) is 0. The fraction of sp³-hybridized carbons (Fsp3) is 0.375. The van der Waals surface area contributed by atoms with Crippen molar-refractivity contribution >= 4 is 0 Å². The maximum atomic E-state index is 11.3. The second-order valence-corrected chi connectivity index (χ2v) is 9.18. The molecule has 4 rings (SSSR count). The molecule has 0 saturated carbocycles. The van der Waals surface area contributed by atoms with Gasteiger partial charge in [-0.15, -0.1) is 5.92 Å². The van der Waals surface area contributed by atoms with Crippen LogP contribution in [-0.2, 0) is 38.8 Å². The van der Waals surface area contributed by atoms with Gasteiger partial charge in [-0.2, -0.15) is 0 Å². The topological polar surface area (TPSA) is 57.2 Å². The molecule has 0 aliphatic carbocycles. The van der Waals surface area contributed by atoms with E-state index in [1.54, 1.807) is 0 Å². The maximum absolute atomic E-state index is 11.3. The van der Waals surface area contributed by atoms with Crippen LogP contribution in [0, 0.1) is 11.8 Å². The van der Waals surface area contributed by atoms with Gasteiger partial charge in [0.25, 0.3) is 0 Å². The van der Waals surface area contributed by atoms with Crippen molar-refractivity contribution in [1.29, 1.82) is 0 Å². The van der Waals surface area contributed by atoms with Crippen LogP contribution in [-0.4, -0.2) is 42.2 Å². The smallest absolute Gasteiger partial charge is 0.147 e. The van der Waals surface area contributed by atoms with Crippen molar-refractivity contribution in [3.05, 3.63) is 108 Å². The number of aliphatic hydroxyl groups is 1. The Labute approximate surface area is 220 Å². The van der Waals surface area contributed by atoms with E-state index in [1.807, 2.05) is 91.0 Å². The van der Waals surface area contributed by atoms with Crippen LogP contribution in [0.1, 0.15) is 36.5 Å². The predicted octanol–water partition coefficient (Wildman–Crippen LogP) is 5.31. The number of ether oxygens (including phenoxy) is 4. The summed E-state index contributed by atoms with van der Waals surface area (Å²) in [6, 6.07) is 29.9. The highest BCUT2D eigenvalue weighted by molar-refractivity contribution is 5.17. The Kier molecular flexibility index (Phi) is 10.7. The first-order chi connectivity index (χ1) is 18.2. The molecule has 37 heavy (non-hydrogen) atoms. The largest absolute Gasteiger partial charge is 0.387 e. The van der Waals surface area contributed by atoms with Crippen LogP contribution in [0.2, 0.25) is 0 Å². The summed E-state index contributed by atoms with van der Waals surface area (Å²) in [6.07, 6.45) is -1.60. The number of aliphatic hydroxyl groups excluding tert-OH is 1. The van der Waals surface area contributed by atoms with Gasteiger partial charge in [0.1, 0.15) is 30.5 Å². The van der Waals surface area contributed by atoms with E-state index in [0.717, 1.165) is 29.5 Å². The van der Waals surface area contributed by atoms with Crippen LogP contribution in [0.5, 0.6) is 0 Å². The number of rotatable bonds is 11. The Hall–Kier alpha value is -2.98. The SMILES string of the molecule is CCCC#C[C@@H]1O[C@H](COCc2ccccc2)[C@@H](OCc2ccccc2)[C@H](OCc2ccccc2)[C@H]1O. The Bertz CT molecular complexity index is 1090. The molecule has 1 saturated heterocycles. The lowest BCUT2D eigenvalue weighted by atomic mass is 9.94. The van der Waals surface area contributed by atoms with Gasteiger partial charge in [-0.25, -0.2) is 0 Å². The highest BCUT2D eigenvalue weighted by Crippen LogP contribution is 2.28. The summed E-state index contributed by atoms with van der Waals surface area (Å²) < 4.78 is 25.1. The van der Waals surface area contributed by atoms with E-state index in [0.29, 0.717) is 19.8 Å². The van der Waals surface area contributed by atoms with Gasteiger partial charge in [-0.1, -0.05) is 104 Å². The monoisotopic (exact) mass is 500 g/mol. The highest BCUT2D eigenvalue weighted by atomic mass is 16.6. The number of hydrogen-bond donors (Lipinski definition) is 1. The van der Waals surface area contributed by atoms with Crippen molar-refractivity contribution in [2.75, 3.05) is 6.61 Å². The van der Waals surface area contributed by atoms with Gasteiger partial charge in [0.15, 0.2) is 0 Å². The summed E-state index contributed by atoms with van der Waals surface area (Å²) >= 11 is 0. The zero-order valence-corrected chi connectivity index (χ0v) is 21.4. The molecule has 3 aromatic carbocycles. The van der Waals surface area contributed by atoms with Crippen LogP contribution in [0.25, 0.3) is 0 Å². The van der Waals surface area contributed by atoms with Crippen LogP contribution in [0.4, 0.5) is 0 Å². The zero-order valence-electron chi connectivity index (χ0n) is 21.4. The second kappa shape index (κ2) is 14.7. The highest BCUT2D eigenvalue weighted by Gasteiger charge is 2.46. The van der Waals surface area contributed by atoms with E-state index in [4.69, 9.17) is 18.9 Å². The molecule has 1 N–H and O–H groups in total. The van der Waals surface area contributed by atoms with Crippen molar-refractivity contribution < 1.29 is 24.1 Å². The molecule has 5 atom stereocenters. The first-order valence-electron chi connectivity index (χ1n) is 13.0. The molecule has 0 radical (unpaired) electrons. The van der Waals surface area contributed by atoms with E-state index < -0.39 is 30.5 Å². The Morgan fingerprint density at radius 3 is 1.78 bits per heavy atom. The Balaban J connectivity index is 1.53. The van der Waals surface area contributed by atoms with Gasteiger partial charge in [0.05, 0.1) is 26.4 Å². The van der Waals surface area contributed by atoms with Gasteiger partial charge in [0.2, 0.25) is 0 Å². The first kappa shape index (κ1) is 27.1. The molecule has 0 bridgehead atoms. The Morgan fingerprint density at radius 2 is 1.24 bits per heavy atom. The van der Waals surface area contributed by atoms with Crippen molar-refractivity contribution in [2.24, 2.45) is 0 Å². The first-order valence-corrected chi connectivity index (χ1v) is 13.0. The summed E-state index contributed by atoms with van der Waals surface area (Å²) in [5.41, 5.74) is 3.14. The number of benzene rings is 3. The van der Waals surface area contributed by atoms with E-state index in [9.17, 15) is 5.11 Å². The minimum absolute atomic E-state index is 0.290. The van der Waals surface area contributed by atoms with Crippen molar-refractivity contribution in [2.45, 2.75) is 70.1 Å². The molecule has 5 nitrogen and oxygen atoms in total. The van der Waals surface area contributed by atoms with Crippen LogP contribution >= 0.6 is 0 Å². The third-order valence-corrected chi connectivity index (χ3v) is 6.24. The second-order valence-electron chi connectivity index (χ2n) is 9.18. The number of hydrogen-bond acceptors (Lipinski definition) is 5.